The molecule has 114 valence electrons. The second-order valence-electron chi connectivity index (χ2n) is 4.95. The van der Waals surface area contributed by atoms with Gasteiger partial charge in [0.2, 0.25) is 0 Å². The molecule has 0 aromatic heterocycles. The van der Waals surface area contributed by atoms with Gasteiger partial charge in [-0.05, 0) is 49.6 Å². The monoisotopic (exact) mass is 300 g/mol. The van der Waals surface area contributed by atoms with Crippen LogP contribution in [0.4, 0.5) is 0 Å². The lowest BCUT2D eigenvalue weighted by Gasteiger charge is -2.09. The lowest BCUT2D eigenvalue weighted by Crippen LogP contribution is -2.25. The molecule has 20 heavy (non-hydrogen) atoms. The van der Waals surface area contributed by atoms with Crippen LogP contribution in [0.2, 0.25) is 0 Å². The van der Waals surface area contributed by atoms with Crippen molar-refractivity contribution in [1.29, 1.82) is 0 Å². The highest BCUT2D eigenvalue weighted by atomic mass is 35.5. The molecule has 0 spiro atoms. The topological polar surface area (TPSA) is 64.3 Å². The molecule has 1 aromatic rings. The average molecular weight is 301 g/mol. The molecule has 5 heteroatoms. The first kappa shape index (κ1) is 18.7. The summed E-state index contributed by atoms with van der Waals surface area (Å²) >= 11 is 0. The van der Waals surface area contributed by atoms with E-state index in [1.165, 1.54) is 0 Å². The molecule has 1 aromatic carbocycles. The fourth-order valence-electron chi connectivity index (χ4n) is 1.52. The number of halogens is 1. The first-order valence-corrected chi connectivity index (χ1v) is 6.84. The third-order valence-corrected chi connectivity index (χ3v) is 2.75. The molecule has 0 heterocycles. The van der Waals surface area contributed by atoms with Crippen LogP contribution >= 0.6 is 12.4 Å². The number of nitrogens with one attached hydrogen (secondary N) is 1. The van der Waals surface area contributed by atoms with Gasteiger partial charge in [-0.3, -0.25) is 4.79 Å². The van der Waals surface area contributed by atoms with Crippen LogP contribution in [0.25, 0.3) is 0 Å². The Morgan fingerprint density at radius 1 is 1.30 bits per heavy atom. The highest BCUT2D eigenvalue weighted by molar-refractivity contribution is 5.94. The Morgan fingerprint density at radius 3 is 2.50 bits per heavy atom. The summed E-state index contributed by atoms with van der Waals surface area (Å²) in [5, 5.41) is 2.82. The molecule has 4 nitrogen and oxygen atoms in total. The standard InChI is InChI=1S/C15H24N2O2.ClH/c1-12(2)8-11-19-14-6-4-13(5-7-14)15(18)17-10-3-9-16;/h4-7,12H,3,8-11,16H2,1-2H3,(H,17,18);1H. The fourth-order valence-corrected chi connectivity index (χ4v) is 1.52. The van der Waals surface area contributed by atoms with Gasteiger partial charge in [0.25, 0.3) is 5.91 Å². The van der Waals surface area contributed by atoms with Crippen molar-refractivity contribution in [1.82, 2.24) is 5.32 Å². The van der Waals surface area contributed by atoms with Gasteiger partial charge in [0.15, 0.2) is 0 Å². The van der Waals surface area contributed by atoms with Gasteiger partial charge in [-0.25, -0.2) is 0 Å². The number of carbonyl (C=O) groups is 1. The number of rotatable bonds is 8. The molecule has 0 bridgehead atoms. The zero-order valence-electron chi connectivity index (χ0n) is 12.2. The molecule has 1 rings (SSSR count). The van der Waals surface area contributed by atoms with Gasteiger partial charge in [0.05, 0.1) is 6.61 Å². The second kappa shape index (κ2) is 10.5. The maximum Gasteiger partial charge on any atom is 0.251 e. The van der Waals surface area contributed by atoms with Gasteiger partial charge in [-0.15, -0.1) is 12.4 Å². The van der Waals surface area contributed by atoms with Crippen LogP contribution in [0.15, 0.2) is 24.3 Å². The van der Waals surface area contributed by atoms with E-state index in [0.717, 1.165) is 18.6 Å². The SMILES string of the molecule is CC(C)CCOc1ccc(C(=O)NCCCN)cc1.Cl. The van der Waals surface area contributed by atoms with E-state index in [2.05, 4.69) is 19.2 Å². The summed E-state index contributed by atoms with van der Waals surface area (Å²) in [6, 6.07) is 7.22. The minimum Gasteiger partial charge on any atom is -0.494 e. The first-order valence-electron chi connectivity index (χ1n) is 6.84. The van der Waals surface area contributed by atoms with Gasteiger partial charge in [-0.2, -0.15) is 0 Å². The first-order chi connectivity index (χ1) is 9.13. The maximum atomic E-state index is 11.7. The molecule has 0 saturated carbocycles. The number of carbonyl (C=O) groups excluding carboxylic acids is 1. The molecule has 0 aliphatic heterocycles. The number of benzene rings is 1. The Hall–Kier alpha value is -1.26. The summed E-state index contributed by atoms with van der Waals surface area (Å²) in [5.74, 6) is 1.37. The van der Waals surface area contributed by atoms with Gasteiger partial charge < -0.3 is 15.8 Å². The second-order valence-corrected chi connectivity index (χ2v) is 4.95. The normalized spacial score (nSPS) is 10.0. The molecule has 0 aliphatic rings. The molecule has 0 unspecified atom stereocenters. The van der Waals surface area contributed by atoms with Crippen LogP contribution in [0.1, 0.15) is 37.0 Å². The lowest BCUT2D eigenvalue weighted by molar-refractivity contribution is 0.0953. The van der Waals surface area contributed by atoms with Crippen molar-refractivity contribution in [3.8, 4) is 5.75 Å². The summed E-state index contributed by atoms with van der Waals surface area (Å²) in [6.07, 6.45) is 1.82. The molecular weight excluding hydrogens is 276 g/mol. The molecule has 0 fully saturated rings. The van der Waals surface area contributed by atoms with Crippen LogP contribution in [-0.2, 0) is 0 Å². The van der Waals surface area contributed by atoms with E-state index in [9.17, 15) is 4.79 Å². The Bertz CT molecular complexity index is 380. The fraction of sp³-hybridized carbons (Fsp3) is 0.533. The Labute approximate surface area is 127 Å². The van der Waals surface area contributed by atoms with E-state index in [1.807, 2.05) is 12.1 Å². The van der Waals surface area contributed by atoms with E-state index in [0.29, 0.717) is 31.2 Å². The molecule has 0 aliphatic carbocycles. The van der Waals surface area contributed by atoms with Crippen LogP contribution in [0, 0.1) is 5.92 Å². The average Bonchev–Trinajstić information content (AvgIpc) is 2.39. The maximum absolute atomic E-state index is 11.7. The molecule has 0 saturated heterocycles. The molecular formula is C15H25ClN2O2. The Balaban J connectivity index is 0.00000361. The molecule has 0 radical (unpaired) electrons. The van der Waals surface area contributed by atoms with E-state index < -0.39 is 0 Å². The van der Waals surface area contributed by atoms with Crippen molar-refractivity contribution in [3.63, 3.8) is 0 Å². The predicted molar refractivity (Wildman–Crippen MR) is 84.6 cm³/mol. The minimum absolute atomic E-state index is 0. The van der Waals surface area contributed by atoms with Gasteiger partial charge in [0.1, 0.15) is 5.75 Å². The Kier molecular flexibility index (Phi) is 9.86. The van der Waals surface area contributed by atoms with Crippen molar-refractivity contribution < 1.29 is 9.53 Å². The summed E-state index contributed by atoms with van der Waals surface area (Å²) < 4.78 is 5.60. The van der Waals surface area contributed by atoms with Crippen molar-refractivity contribution in [2.75, 3.05) is 19.7 Å². The van der Waals surface area contributed by atoms with E-state index >= 15 is 0 Å². The van der Waals surface area contributed by atoms with Crippen LogP contribution in [0.5, 0.6) is 5.75 Å². The molecule has 3 N–H and O–H groups in total. The van der Waals surface area contributed by atoms with Crippen molar-refractivity contribution >= 4 is 18.3 Å². The smallest absolute Gasteiger partial charge is 0.251 e. The highest BCUT2D eigenvalue weighted by Gasteiger charge is 2.04. The molecule has 0 atom stereocenters. The van der Waals surface area contributed by atoms with Gasteiger partial charge >= 0.3 is 0 Å². The molecule has 1 amide bonds. The largest absolute Gasteiger partial charge is 0.494 e. The third-order valence-electron chi connectivity index (χ3n) is 2.75. The zero-order chi connectivity index (χ0) is 14.1. The van der Waals surface area contributed by atoms with Crippen LogP contribution in [-0.4, -0.2) is 25.6 Å². The van der Waals surface area contributed by atoms with Crippen LogP contribution < -0.4 is 15.8 Å². The quantitative estimate of drug-likeness (QED) is 0.725. The van der Waals surface area contributed by atoms with Crippen LogP contribution in [0.3, 0.4) is 0 Å². The zero-order valence-corrected chi connectivity index (χ0v) is 13.0. The van der Waals surface area contributed by atoms with Crippen molar-refractivity contribution in [2.45, 2.75) is 26.7 Å². The summed E-state index contributed by atoms with van der Waals surface area (Å²) in [4.78, 5) is 11.7. The summed E-state index contributed by atoms with van der Waals surface area (Å²) in [6.45, 7) is 6.24. The summed E-state index contributed by atoms with van der Waals surface area (Å²) in [7, 11) is 0. The Morgan fingerprint density at radius 2 is 1.95 bits per heavy atom. The summed E-state index contributed by atoms with van der Waals surface area (Å²) in [5.41, 5.74) is 6.02. The highest BCUT2D eigenvalue weighted by Crippen LogP contribution is 2.13. The number of nitrogens with two attached hydrogens (primary N) is 1. The number of ether oxygens (including phenoxy) is 1. The van der Waals surface area contributed by atoms with Gasteiger partial charge in [-0.1, -0.05) is 13.8 Å². The number of hydrogen-bond donors (Lipinski definition) is 2. The van der Waals surface area contributed by atoms with E-state index in [1.54, 1.807) is 12.1 Å². The predicted octanol–water partition coefficient (Wildman–Crippen LogP) is 2.61. The number of hydrogen-bond acceptors (Lipinski definition) is 3. The third kappa shape index (κ3) is 7.36. The van der Waals surface area contributed by atoms with E-state index in [4.69, 9.17) is 10.5 Å². The lowest BCUT2D eigenvalue weighted by atomic mass is 10.1. The number of amides is 1. The van der Waals surface area contributed by atoms with Gasteiger partial charge in [0, 0.05) is 12.1 Å². The van der Waals surface area contributed by atoms with Crippen molar-refractivity contribution in [2.24, 2.45) is 11.7 Å². The minimum atomic E-state index is -0.0674. The van der Waals surface area contributed by atoms with Crippen molar-refractivity contribution in [3.05, 3.63) is 29.8 Å². The van der Waals surface area contributed by atoms with E-state index in [-0.39, 0.29) is 18.3 Å².